The smallest absolute Gasteiger partial charge is 0.0798 e. The summed E-state index contributed by atoms with van der Waals surface area (Å²) in [6, 6.07) is 0. The maximum atomic E-state index is 5.42. The topological polar surface area (TPSA) is 34.1 Å². The van der Waals surface area contributed by atoms with Crippen LogP contribution < -0.4 is 5.32 Å². The van der Waals surface area contributed by atoms with Crippen molar-refractivity contribution in [3.8, 4) is 0 Å². The number of ether oxygens (including phenoxy) is 1. The summed E-state index contributed by atoms with van der Waals surface area (Å²) in [4.78, 5) is 5.51. The quantitative estimate of drug-likeness (QED) is 0.786. The summed E-state index contributed by atoms with van der Waals surface area (Å²) in [5, 5.41) is 3.36. The zero-order chi connectivity index (χ0) is 10.4. The van der Waals surface area contributed by atoms with Crippen LogP contribution in [-0.4, -0.2) is 24.2 Å². The highest BCUT2D eigenvalue weighted by Gasteiger charge is 2.03. The summed E-state index contributed by atoms with van der Waals surface area (Å²) < 4.78 is 5.42. The highest BCUT2D eigenvalue weighted by Crippen LogP contribution is 2.10. The Bertz CT molecular complexity index is 262. The van der Waals surface area contributed by atoms with Crippen LogP contribution in [0, 0.1) is 6.92 Å². The van der Waals surface area contributed by atoms with E-state index in [-0.39, 0.29) is 6.10 Å². The van der Waals surface area contributed by atoms with Crippen molar-refractivity contribution in [1.82, 2.24) is 10.3 Å². The minimum atomic E-state index is 0.285. The van der Waals surface area contributed by atoms with Crippen molar-refractivity contribution < 1.29 is 4.74 Å². The van der Waals surface area contributed by atoms with Crippen molar-refractivity contribution in [2.24, 2.45) is 0 Å². The molecule has 3 nitrogen and oxygen atoms in total. The van der Waals surface area contributed by atoms with Crippen molar-refractivity contribution in [2.45, 2.75) is 33.4 Å². The molecule has 0 amide bonds. The Hall–Kier alpha value is -0.450. The summed E-state index contributed by atoms with van der Waals surface area (Å²) in [5.41, 5.74) is 3.02. The average molecular weight is 214 g/mol. The maximum absolute atomic E-state index is 5.42. The van der Waals surface area contributed by atoms with Gasteiger partial charge < -0.3 is 10.1 Å². The first kappa shape index (κ1) is 11.6. The van der Waals surface area contributed by atoms with Gasteiger partial charge in [0.1, 0.15) is 0 Å². The van der Waals surface area contributed by atoms with E-state index in [2.05, 4.69) is 17.2 Å². The van der Waals surface area contributed by atoms with Crippen molar-refractivity contribution in [2.75, 3.05) is 13.2 Å². The number of nitrogens with one attached hydrogen (secondary N) is 1. The van der Waals surface area contributed by atoms with Gasteiger partial charge in [0.05, 0.1) is 17.3 Å². The summed E-state index contributed by atoms with van der Waals surface area (Å²) >= 11 is 1.70. The summed E-state index contributed by atoms with van der Waals surface area (Å²) in [6.45, 7) is 8.71. The lowest BCUT2D eigenvalue weighted by molar-refractivity contribution is 0.0760. The Balaban J connectivity index is 2.19. The molecule has 0 aromatic carbocycles. The Labute approximate surface area is 89.5 Å². The molecule has 0 saturated carbocycles. The molecule has 4 heteroatoms. The largest absolute Gasteiger partial charge is 0.377 e. The van der Waals surface area contributed by atoms with Gasteiger partial charge in [0.25, 0.3) is 0 Å². The van der Waals surface area contributed by atoms with E-state index in [1.54, 1.807) is 11.3 Å². The van der Waals surface area contributed by atoms with Gasteiger partial charge in [-0.1, -0.05) is 0 Å². The number of aromatic nitrogens is 1. The first-order valence-electron chi connectivity index (χ1n) is 4.95. The van der Waals surface area contributed by atoms with Gasteiger partial charge in [-0.15, -0.1) is 11.3 Å². The molecule has 0 radical (unpaired) electrons. The fraction of sp³-hybridized carbons (Fsp3) is 0.700. The van der Waals surface area contributed by atoms with Crippen molar-refractivity contribution in [1.29, 1.82) is 0 Å². The van der Waals surface area contributed by atoms with E-state index in [9.17, 15) is 0 Å². The third-order valence-corrected chi connectivity index (χ3v) is 2.95. The minimum Gasteiger partial charge on any atom is -0.377 e. The van der Waals surface area contributed by atoms with Gasteiger partial charge in [0.15, 0.2) is 0 Å². The molecule has 0 spiro atoms. The minimum absolute atomic E-state index is 0.285. The number of rotatable bonds is 6. The second-order valence-electron chi connectivity index (χ2n) is 3.26. The van der Waals surface area contributed by atoms with E-state index >= 15 is 0 Å². The predicted octanol–water partition coefficient (Wildman–Crippen LogP) is 1.97. The normalized spacial score (nSPS) is 13.1. The van der Waals surface area contributed by atoms with Crippen LogP contribution in [0.2, 0.25) is 0 Å². The van der Waals surface area contributed by atoms with E-state index < -0.39 is 0 Å². The Kier molecular flexibility index (Phi) is 5.07. The van der Waals surface area contributed by atoms with Crippen molar-refractivity contribution >= 4 is 11.3 Å². The van der Waals surface area contributed by atoms with Crippen LogP contribution in [0.15, 0.2) is 5.51 Å². The lowest BCUT2D eigenvalue weighted by Gasteiger charge is -2.11. The van der Waals surface area contributed by atoms with Gasteiger partial charge in [-0.3, -0.25) is 0 Å². The second-order valence-corrected chi connectivity index (χ2v) is 4.20. The molecule has 1 aromatic rings. The van der Waals surface area contributed by atoms with Gasteiger partial charge in [-0.05, 0) is 20.8 Å². The van der Waals surface area contributed by atoms with E-state index in [4.69, 9.17) is 4.74 Å². The maximum Gasteiger partial charge on any atom is 0.0798 e. The van der Waals surface area contributed by atoms with Crippen LogP contribution in [-0.2, 0) is 11.3 Å². The molecule has 0 aliphatic carbocycles. The Morgan fingerprint density at radius 2 is 2.43 bits per heavy atom. The highest BCUT2D eigenvalue weighted by atomic mass is 32.1. The molecular weight excluding hydrogens is 196 g/mol. The van der Waals surface area contributed by atoms with Gasteiger partial charge in [-0.2, -0.15) is 0 Å². The summed E-state index contributed by atoms with van der Waals surface area (Å²) in [7, 11) is 0. The average Bonchev–Trinajstić information content (AvgIpc) is 2.52. The van der Waals surface area contributed by atoms with Crippen LogP contribution >= 0.6 is 11.3 Å². The van der Waals surface area contributed by atoms with E-state index in [1.807, 2.05) is 19.4 Å². The molecular formula is C10H18N2OS. The zero-order valence-electron chi connectivity index (χ0n) is 9.04. The number of nitrogens with zero attached hydrogens (tertiary/aromatic N) is 1. The third-order valence-electron chi connectivity index (χ3n) is 2.01. The first-order chi connectivity index (χ1) is 6.74. The molecule has 1 rings (SSSR count). The number of hydrogen-bond donors (Lipinski definition) is 1. The van der Waals surface area contributed by atoms with E-state index in [0.717, 1.165) is 25.4 Å². The van der Waals surface area contributed by atoms with E-state index in [1.165, 1.54) is 4.88 Å². The van der Waals surface area contributed by atoms with Gasteiger partial charge in [-0.25, -0.2) is 4.98 Å². The summed E-state index contributed by atoms with van der Waals surface area (Å²) in [6.07, 6.45) is 0.285. The number of thiazole rings is 1. The van der Waals surface area contributed by atoms with Crippen LogP contribution in [0.25, 0.3) is 0 Å². The molecule has 0 saturated heterocycles. The van der Waals surface area contributed by atoms with Gasteiger partial charge >= 0.3 is 0 Å². The van der Waals surface area contributed by atoms with Crippen LogP contribution in [0.5, 0.6) is 0 Å². The molecule has 0 fully saturated rings. The summed E-state index contributed by atoms with van der Waals surface area (Å²) in [5.74, 6) is 0. The predicted molar refractivity (Wildman–Crippen MR) is 59.6 cm³/mol. The van der Waals surface area contributed by atoms with Crippen LogP contribution in [0.1, 0.15) is 24.4 Å². The molecule has 80 valence electrons. The zero-order valence-corrected chi connectivity index (χ0v) is 9.86. The molecule has 14 heavy (non-hydrogen) atoms. The number of aryl methyl sites for hydroxylation is 1. The van der Waals surface area contributed by atoms with Crippen LogP contribution in [0.3, 0.4) is 0 Å². The highest BCUT2D eigenvalue weighted by molar-refractivity contribution is 7.09. The molecule has 1 N–H and O–H groups in total. The first-order valence-corrected chi connectivity index (χ1v) is 5.83. The number of hydrogen-bond acceptors (Lipinski definition) is 4. The molecule has 1 heterocycles. The third kappa shape index (κ3) is 3.74. The fourth-order valence-electron chi connectivity index (χ4n) is 1.23. The molecule has 0 bridgehead atoms. The fourth-order valence-corrected chi connectivity index (χ4v) is 1.98. The standard InChI is InChI=1S/C10H18N2OS/c1-4-13-8(2)5-11-6-10-9(3)12-7-14-10/h7-8,11H,4-6H2,1-3H3. The van der Waals surface area contributed by atoms with Gasteiger partial charge in [0.2, 0.25) is 0 Å². The monoisotopic (exact) mass is 214 g/mol. The molecule has 0 aliphatic heterocycles. The lowest BCUT2D eigenvalue weighted by atomic mass is 10.3. The Morgan fingerprint density at radius 1 is 1.64 bits per heavy atom. The molecule has 1 atom stereocenters. The SMILES string of the molecule is CCOC(C)CNCc1scnc1C. The second kappa shape index (κ2) is 6.11. The Morgan fingerprint density at radius 3 is 3.00 bits per heavy atom. The molecule has 1 aromatic heterocycles. The van der Waals surface area contributed by atoms with Crippen LogP contribution in [0.4, 0.5) is 0 Å². The molecule has 1 unspecified atom stereocenters. The van der Waals surface area contributed by atoms with Gasteiger partial charge in [0, 0.05) is 24.6 Å². The lowest BCUT2D eigenvalue weighted by Crippen LogP contribution is -2.26. The van der Waals surface area contributed by atoms with Crippen molar-refractivity contribution in [3.05, 3.63) is 16.1 Å². The molecule has 0 aliphatic rings. The van der Waals surface area contributed by atoms with Crippen molar-refractivity contribution in [3.63, 3.8) is 0 Å². The van der Waals surface area contributed by atoms with E-state index in [0.29, 0.717) is 0 Å².